The molecule has 5 rings (SSSR count). The molecule has 3 aromatic carbocycles. The van der Waals surface area contributed by atoms with E-state index < -0.39 is 10.0 Å². The summed E-state index contributed by atoms with van der Waals surface area (Å²) in [5, 5.41) is 7.87. The zero-order chi connectivity index (χ0) is 25.8. The molecular formula is C27H25BrN6O2S. The zero-order valence-electron chi connectivity index (χ0n) is 19.8. The maximum absolute atomic E-state index is 12.5. The number of fused-ring (bicyclic) bond motifs is 1. The summed E-state index contributed by atoms with van der Waals surface area (Å²) >= 11 is 3.52. The number of anilines is 2. The van der Waals surface area contributed by atoms with Crippen molar-refractivity contribution < 1.29 is 8.42 Å². The molecule has 0 saturated heterocycles. The molecule has 37 heavy (non-hydrogen) atoms. The fraction of sp³-hybridized carbons (Fsp3) is 0.111. The van der Waals surface area contributed by atoms with Crippen molar-refractivity contribution in [2.75, 3.05) is 11.1 Å². The number of rotatable bonds is 9. The molecule has 2 heterocycles. The summed E-state index contributed by atoms with van der Waals surface area (Å²) in [7, 11) is -3.46. The number of hydrogen-bond acceptors (Lipinski definition) is 6. The molecule has 0 spiro atoms. The van der Waals surface area contributed by atoms with Gasteiger partial charge in [0.25, 0.3) is 0 Å². The van der Waals surface area contributed by atoms with Gasteiger partial charge in [-0.15, -0.1) is 0 Å². The van der Waals surface area contributed by atoms with Crippen molar-refractivity contribution in [1.29, 1.82) is 0 Å². The van der Waals surface area contributed by atoms with Crippen LogP contribution in [0.4, 0.5) is 11.5 Å². The Hall–Kier alpha value is -3.73. The van der Waals surface area contributed by atoms with Crippen LogP contribution < -0.4 is 15.8 Å². The molecule has 10 heteroatoms. The molecule has 0 atom stereocenters. The van der Waals surface area contributed by atoms with E-state index in [1.807, 2.05) is 72.8 Å². The van der Waals surface area contributed by atoms with Gasteiger partial charge in [0.1, 0.15) is 5.82 Å². The lowest BCUT2D eigenvalue weighted by Gasteiger charge is -2.13. The highest BCUT2D eigenvalue weighted by Gasteiger charge is 2.14. The summed E-state index contributed by atoms with van der Waals surface area (Å²) in [6, 6.07) is 26.4. The maximum Gasteiger partial charge on any atom is 0.216 e. The van der Waals surface area contributed by atoms with Crippen molar-refractivity contribution >= 4 is 43.1 Å². The van der Waals surface area contributed by atoms with Crippen LogP contribution in [0.5, 0.6) is 0 Å². The summed E-state index contributed by atoms with van der Waals surface area (Å²) in [6.07, 6.45) is 1.70. The maximum atomic E-state index is 12.5. The second-order valence-corrected chi connectivity index (χ2v) is 11.2. The smallest absolute Gasteiger partial charge is 0.216 e. The second-order valence-electron chi connectivity index (χ2n) is 8.58. The summed E-state index contributed by atoms with van der Waals surface area (Å²) in [5.41, 5.74) is 11.7. The topological polar surface area (TPSA) is 114 Å². The van der Waals surface area contributed by atoms with Gasteiger partial charge in [-0.3, -0.25) is 0 Å². The van der Waals surface area contributed by atoms with Crippen molar-refractivity contribution in [3.05, 3.63) is 112 Å². The normalized spacial score (nSPS) is 11.6. The Bertz CT molecular complexity index is 1650. The third kappa shape index (κ3) is 5.99. The van der Waals surface area contributed by atoms with E-state index in [9.17, 15) is 8.42 Å². The van der Waals surface area contributed by atoms with E-state index in [0.29, 0.717) is 17.9 Å². The molecule has 8 nitrogen and oxygen atoms in total. The summed E-state index contributed by atoms with van der Waals surface area (Å²) in [6.45, 7) is 0.719. The predicted molar refractivity (Wildman–Crippen MR) is 150 cm³/mol. The van der Waals surface area contributed by atoms with Gasteiger partial charge in [0.2, 0.25) is 10.0 Å². The standard InChI is InChI=1S/C27H25BrN6O2S/c28-23-17-31-34-26(14-25(33-27(23)34)22-11-4-5-12-24(22)29)30-15-20-9-6-10-21(13-20)16-32-37(35,36)18-19-7-2-1-3-8-19/h1-14,17,30,32H,15-16,18,29H2. The molecule has 0 aliphatic rings. The average molecular weight is 578 g/mol. The van der Waals surface area contributed by atoms with Crippen molar-refractivity contribution in [1.82, 2.24) is 19.3 Å². The van der Waals surface area contributed by atoms with E-state index >= 15 is 0 Å². The molecule has 0 saturated carbocycles. The van der Waals surface area contributed by atoms with E-state index in [0.717, 1.165) is 38.2 Å². The summed E-state index contributed by atoms with van der Waals surface area (Å²) in [4.78, 5) is 4.74. The van der Waals surface area contributed by atoms with Crippen LogP contribution in [0.25, 0.3) is 16.9 Å². The van der Waals surface area contributed by atoms with Crippen LogP contribution in [-0.2, 0) is 28.9 Å². The van der Waals surface area contributed by atoms with Crippen LogP contribution in [0.1, 0.15) is 16.7 Å². The molecule has 0 unspecified atom stereocenters. The highest BCUT2D eigenvalue weighted by atomic mass is 79.9. The number of para-hydroxylation sites is 1. The van der Waals surface area contributed by atoms with E-state index in [1.54, 1.807) is 22.8 Å². The largest absolute Gasteiger partial charge is 0.398 e. The van der Waals surface area contributed by atoms with Crippen LogP contribution in [0.3, 0.4) is 0 Å². The number of nitrogens with one attached hydrogen (secondary N) is 2. The number of nitrogens with zero attached hydrogens (tertiary/aromatic N) is 3. The number of sulfonamides is 1. The first-order chi connectivity index (χ1) is 17.9. The minimum atomic E-state index is -3.46. The van der Waals surface area contributed by atoms with Crippen LogP contribution >= 0.6 is 15.9 Å². The van der Waals surface area contributed by atoms with Crippen molar-refractivity contribution in [2.45, 2.75) is 18.8 Å². The molecule has 0 amide bonds. The predicted octanol–water partition coefficient (Wildman–Crippen LogP) is 4.97. The van der Waals surface area contributed by atoms with Gasteiger partial charge in [-0.2, -0.15) is 9.61 Å². The number of hydrogen-bond donors (Lipinski definition) is 3. The SMILES string of the molecule is Nc1ccccc1-c1cc(NCc2cccc(CNS(=O)(=O)Cc3ccccc3)c2)n2ncc(Br)c2n1. The molecule has 0 aliphatic heterocycles. The minimum absolute atomic E-state index is 0.0547. The molecule has 0 aliphatic carbocycles. The Morgan fingerprint density at radius 1 is 0.865 bits per heavy atom. The first kappa shape index (κ1) is 24.9. The van der Waals surface area contributed by atoms with Gasteiger partial charge in [0.15, 0.2) is 5.65 Å². The third-order valence-electron chi connectivity index (χ3n) is 5.83. The Labute approximate surface area is 223 Å². The Morgan fingerprint density at radius 2 is 1.57 bits per heavy atom. The molecular weight excluding hydrogens is 552 g/mol. The van der Waals surface area contributed by atoms with Crippen molar-refractivity contribution in [2.24, 2.45) is 0 Å². The lowest BCUT2D eigenvalue weighted by atomic mass is 10.1. The van der Waals surface area contributed by atoms with Crippen LogP contribution in [-0.4, -0.2) is 23.0 Å². The van der Waals surface area contributed by atoms with Gasteiger partial charge in [0.05, 0.1) is 22.1 Å². The van der Waals surface area contributed by atoms with Gasteiger partial charge < -0.3 is 11.1 Å². The molecule has 0 radical (unpaired) electrons. The van der Waals surface area contributed by atoms with E-state index in [2.05, 4.69) is 31.1 Å². The first-order valence-electron chi connectivity index (χ1n) is 11.6. The Morgan fingerprint density at radius 3 is 2.35 bits per heavy atom. The second kappa shape index (κ2) is 10.7. The Balaban J connectivity index is 1.32. The average Bonchev–Trinajstić information content (AvgIpc) is 3.28. The molecule has 0 bridgehead atoms. The monoisotopic (exact) mass is 576 g/mol. The van der Waals surface area contributed by atoms with Gasteiger partial charge in [-0.05, 0) is 38.7 Å². The van der Waals surface area contributed by atoms with Crippen molar-refractivity contribution in [3.8, 4) is 11.3 Å². The molecule has 0 fully saturated rings. The number of halogens is 1. The molecule has 2 aromatic heterocycles. The summed E-state index contributed by atoms with van der Waals surface area (Å²) in [5.74, 6) is 0.698. The number of nitrogens with two attached hydrogens (primary N) is 1. The lowest BCUT2D eigenvalue weighted by molar-refractivity contribution is 0.580. The quantitative estimate of drug-likeness (QED) is 0.213. The van der Waals surface area contributed by atoms with E-state index in [-0.39, 0.29) is 12.3 Å². The van der Waals surface area contributed by atoms with Crippen molar-refractivity contribution in [3.63, 3.8) is 0 Å². The third-order valence-corrected chi connectivity index (χ3v) is 7.68. The zero-order valence-corrected chi connectivity index (χ0v) is 22.2. The van der Waals surface area contributed by atoms with Crippen LogP contribution in [0.15, 0.2) is 95.6 Å². The van der Waals surface area contributed by atoms with Gasteiger partial charge in [-0.25, -0.2) is 18.1 Å². The Kier molecular flexibility index (Phi) is 7.22. The van der Waals surface area contributed by atoms with Gasteiger partial charge in [0, 0.05) is 30.4 Å². The van der Waals surface area contributed by atoms with E-state index in [4.69, 9.17) is 10.7 Å². The number of nitrogen functional groups attached to an aromatic ring is 1. The number of aromatic nitrogens is 3. The fourth-order valence-corrected chi connectivity index (χ4v) is 5.48. The first-order valence-corrected chi connectivity index (χ1v) is 14.0. The molecule has 188 valence electrons. The minimum Gasteiger partial charge on any atom is -0.398 e. The fourth-order valence-electron chi connectivity index (χ4n) is 4.01. The van der Waals surface area contributed by atoms with Crippen LogP contribution in [0, 0.1) is 0 Å². The summed E-state index contributed by atoms with van der Waals surface area (Å²) < 4.78 is 30.2. The lowest BCUT2D eigenvalue weighted by Crippen LogP contribution is -2.24. The van der Waals surface area contributed by atoms with Crippen LogP contribution in [0.2, 0.25) is 0 Å². The van der Waals surface area contributed by atoms with Gasteiger partial charge >= 0.3 is 0 Å². The highest BCUT2D eigenvalue weighted by Crippen LogP contribution is 2.29. The molecule has 4 N–H and O–H groups in total. The van der Waals surface area contributed by atoms with Gasteiger partial charge in [-0.1, -0.05) is 72.8 Å². The highest BCUT2D eigenvalue weighted by molar-refractivity contribution is 9.10. The molecule has 5 aromatic rings. The number of benzene rings is 3. The van der Waals surface area contributed by atoms with E-state index in [1.165, 1.54) is 0 Å².